The van der Waals surface area contributed by atoms with Crippen LogP contribution in [0.25, 0.3) is 0 Å². The van der Waals surface area contributed by atoms with Crippen LogP contribution in [0.5, 0.6) is 0 Å². The molecule has 0 radical (unpaired) electrons. The number of para-hydroxylation sites is 1. The van der Waals surface area contributed by atoms with Gasteiger partial charge in [-0.25, -0.2) is 9.80 Å². The number of hydrazone groups is 1. The molecule has 2 aliphatic rings. The van der Waals surface area contributed by atoms with Gasteiger partial charge in [0.05, 0.1) is 24.0 Å². The van der Waals surface area contributed by atoms with E-state index in [0.717, 1.165) is 47.5 Å². The van der Waals surface area contributed by atoms with Crippen molar-refractivity contribution < 1.29 is 9.59 Å². The van der Waals surface area contributed by atoms with E-state index in [1.54, 1.807) is 16.0 Å². The molecule has 1 heterocycles. The first-order valence-corrected chi connectivity index (χ1v) is 15.0. The van der Waals surface area contributed by atoms with Gasteiger partial charge in [-0.05, 0) is 56.7 Å². The number of anilines is 1. The molecule has 7 heteroatoms. The SMILES string of the molecule is C/C=C(\C)NC(=O)C(N)CC(C)C.C=CC(=C)N1C(=O)N(Cc2ccccc2)N=C(C2CCCCC2)c2ccccc21. The van der Waals surface area contributed by atoms with Crippen LogP contribution in [0.2, 0.25) is 0 Å². The van der Waals surface area contributed by atoms with Crippen LogP contribution < -0.4 is 16.0 Å². The number of nitrogens with two attached hydrogens (primary N) is 1. The maximum absolute atomic E-state index is 13.6. The van der Waals surface area contributed by atoms with E-state index in [1.807, 2.05) is 68.5 Å². The molecule has 1 aliphatic heterocycles. The topological polar surface area (TPSA) is 91.0 Å². The molecular formula is C35H47N5O2. The Morgan fingerprint density at radius 2 is 1.74 bits per heavy atom. The van der Waals surface area contributed by atoms with Crippen LogP contribution in [0.4, 0.5) is 10.5 Å². The first-order valence-electron chi connectivity index (χ1n) is 15.0. The third-order valence-corrected chi connectivity index (χ3v) is 7.57. The van der Waals surface area contributed by atoms with Gasteiger partial charge in [-0.3, -0.25) is 9.69 Å². The average Bonchev–Trinajstić information content (AvgIpc) is 3.11. The van der Waals surface area contributed by atoms with Crippen molar-refractivity contribution in [2.75, 3.05) is 4.90 Å². The second kappa shape index (κ2) is 15.9. The predicted molar refractivity (Wildman–Crippen MR) is 174 cm³/mol. The fourth-order valence-electron chi connectivity index (χ4n) is 5.21. The van der Waals surface area contributed by atoms with Crippen molar-refractivity contribution in [3.63, 3.8) is 0 Å². The van der Waals surface area contributed by atoms with E-state index >= 15 is 0 Å². The highest BCUT2D eigenvalue weighted by Gasteiger charge is 2.33. The van der Waals surface area contributed by atoms with Gasteiger partial charge >= 0.3 is 6.03 Å². The van der Waals surface area contributed by atoms with Gasteiger partial charge in [-0.1, -0.05) is 101 Å². The molecule has 1 atom stereocenters. The lowest BCUT2D eigenvalue weighted by Crippen LogP contribution is -2.40. The van der Waals surface area contributed by atoms with E-state index < -0.39 is 6.04 Å². The van der Waals surface area contributed by atoms with Gasteiger partial charge in [-0.15, -0.1) is 0 Å². The number of benzene rings is 2. The summed E-state index contributed by atoms with van der Waals surface area (Å²) in [5.74, 6) is 0.726. The quantitative estimate of drug-likeness (QED) is 0.306. The molecule has 0 bridgehead atoms. The first-order chi connectivity index (χ1) is 20.2. The summed E-state index contributed by atoms with van der Waals surface area (Å²) >= 11 is 0. The zero-order valence-corrected chi connectivity index (χ0v) is 25.7. The Bertz CT molecular complexity index is 1290. The molecule has 2 aromatic carbocycles. The third-order valence-electron chi connectivity index (χ3n) is 7.57. The molecule has 1 aliphatic carbocycles. The molecule has 0 saturated heterocycles. The minimum atomic E-state index is -0.394. The van der Waals surface area contributed by atoms with Gasteiger partial charge in [0, 0.05) is 22.9 Å². The van der Waals surface area contributed by atoms with E-state index in [1.165, 1.54) is 19.3 Å². The zero-order chi connectivity index (χ0) is 30.6. The standard InChI is InChI=1S/C25H27N3O.C10H20N2O/c1-3-19(2)28-23-17-11-10-16-22(23)24(21-14-8-5-9-15-21)26-27(25(28)29)18-20-12-6-4-7-13-20;1-5-8(4)12-10(13)9(11)6-7(2)3/h3-4,6-7,10-13,16-17,21H,1-2,5,8-9,14-15,18H2;5,7,9H,6,11H2,1-4H3,(H,12,13)/b;8-5+. The highest BCUT2D eigenvalue weighted by molar-refractivity contribution is 6.12. The van der Waals surface area contributed by atoms with Crippen molar-refractivity contribution in [3.05, 3.63) is 102 Å². The molecule has 4 rings (SSSR count). The lowest BCUT2D eigenvalue weighted by atomic mass is 9.83. The molecule has 0 aromatic heterocycles. The fraction of sp³-hybridized carbons (Fsp3) is 0.400. The number of nitrogens with one attached hydrogen (secondary N) is 1. The average molecular weight is 570 g/mol. The normalized spacial score (nSPS) is 16.5. The molecule has 3 amide bonds. The number of hydrogen-bond acceptors (Lipinski definition) is 4. The summed E-state index contributed by atoms with van der Waals surface area (Å²) in [7, 11) is 0. The van der Waals surface area contributed by atoms with Gasteiger partial charge in [0.25, 0.3) is 0 Å². The summed E-state index contributed by atoms with van der Waals surface area (Å²) in [6, 6.07) is 17.4. The second-order valence-electron chi connectivity index (χ2n) is 11.4. The van der Waals surface area contributed by atoms with Crippen LogP contribution in [-0.2, 0) is 11.3 Å². The van der Waals surface area contributed by atoms with Gasteiger partial charge in [-0.2, -0.15) is 5.10 Å². The molecule has 7 nitrogen and oxygen atoms in total. The van der Waals surface area contributed by atoms with Gasteiger partial charge in [0.15, 0.2) is 0 Å². The molecule has 1 fully saturated rings. The Labute approximate surface area is 251 Å². The van der Waals surface area contributed by atoms with Crippen LogP contribution in [0.1, 0.15) is 77.3 Å². The van der Waals surface area contributed by atoms with Crippen LogP contribution in [-0.4, -0.2) is 28.7 Å². The summed E-state index contributed by atoms with van der Waals surface area (Å²) in [5, 5.41) is 9.29. The van der Waals surface area contributed by atoms with Crippen LogP contribution in [0.15, 0.2) is 96.4 Å². The largest absolute Gasteiger partial charge is 0.349 e. The number of nitrogens with zero attached hydrogens (tertiary/aromatic N) is 3. The lowest BCUT2D eigenvalue weighted by Gasteiger charge is -2.26. The summed E-state index contributed by atoms with van der Waals surface area (Å²) in [6.07, 6.45) is 10.1. The summed E-state index contributed by atoms with van der Waals surface area (Å²) in [6.45, 7) is 16.2. The maximum Gasteiger partial charge on any atom is 0.349 e. The van der Waals surface area contributed by atoms with Gasteiger partial charge < -0.3 is 11.1 Å². The van der Waals surface area contributed by atoms with Crippen LogP contribution in [0.3, 0.4) is 0 Å². The van der Waals surface area contributed by atoms with Crippen LogP contribution >= 0.6 is 0 Å². The molecule has 0 spiro atoms. The monoisotopic (exact) mass is 569 g/mol. The summed E-state index contributed by atoms with van der Waals surface area (Å²) < 4.78 is 0. The Morgan fingerprint density at radius 3 is 2.36 bits per heavy atom. The first kappa shape index (κ1) is 32.5. The van der Waals surface area contributed by atoms with E-state index in [0.29, 0.717) is 24.1 Å². The van der Waals surface area contributed by atoms with Crippen molar-refractivity contribution in [1.29, 1.82) is 0 Å². The number of carbonyl (C=O) groups is 2. The van der Waals surface area contributed by atoms with Gasteiger partial charge in [0.2, 0.25) is 5.91 Å². The van der Waals surface area contributed by atoms with Crippen molar-refractivity contribution in [3.8, 4) is 0 Å². The zero-order valence-electron chi connectivity index (χ0n) is 25.7. The Kier molecular flexibility index (Phi) is 12.3. The smallest absolute Gasteiger partial charge is 0.329 e. The van der Waals surface area contributed by atoms with Crippen molar-refractivity contribution in [1.82, 2.24) is 10.3 Å². The van der Waals surface area contributed by atoms with E-state index in [2.05, 4.69) is 38.4 Å². The maximum atomic E-state index is 13.6. The number of hydrogen-bond donors (Lipinski definition) is 2. The number of urea groups is 1. The Balaban J connectivity index is 0.000000316. The molecule has 2 aromatic rings. The van der Waals surface area contributed by atoms with Gasteiger partial charge in [0.1, 0.15) is 0 Å². The molecule has 3 N–H and O–H groups in total. The van der Waals surface area contributed by atoms with Crippen LogP contribution in [0, 0.1) is 11.8 Å². The van der Waals surface area contributed by atoms with E-state index in [4.69, 9.17) is 10.8 Å². The molecular weight excluding hydrogens is 522 g/mol. The minimum absolute atomic E-state index is 0.0932. The van der Waals surface area contributed by atoms with E-state index in [9.17, 15) is 9.59 Å². The van der Waals surface area contributed by atoms with Crippen molar-refractivity contribution >= 4 is 23.3 Å². The predicted octanol–water partition coefficient (Wildman–Crippen LogP) is 7.51. The highest BCUT2D eigenvalue weighted by atomic mass is 16.2. The van der Waals surface area contributed by atoms with Crippen molar-refractivity contribution in [2.45, 2.75) is 78.8 Å². The summed E-state index contributed by atoms with van der Waals surface area (Å²) in [4.78, 5) is 26.6. The van der Waals surface area contributed by atoms with Crippen molar-refractivity contribution in [2.24, 2.45) is 22.7 Å². The Morgan fingerprint density at radius 1 is 1.10 bits per heavy atom. The van der Waals surface area contributed by atoms with E-state index in [-0.39, 0.29) is 11.9 Å². The lowest BCUT2D eigenvalue weighted by molar-refractivity contribution is -0.121. The number of amides is 3. The molecule has 1 saturated carbocycles. The minimum Gasteiger partial charge on any atom is -0.329 e. The molecule has 1 unspecified atom stereocenters. The number of fused-ring (bicyclic) bond motifs is 1. The molecule has 224 valence electrons. The number of rotatable bonds is 9. The highest BCUT2D eigenvalue weighted by Crippen LogP contribution is 2.35. The second-order valence-corrected chi connectivity index (χ2v) is 11.4. The number of carbonyl (C=O) groups excluding carboxylic acids is 2. The fourth-order valence-corrected chi connectivity index (χ4v) is 5.21. The molecule has 42 heavy (non-hydrogen) atoms. The summed E-state index contributed by atoms with van der Waals surface area (Å²) in [5.41, 5.74) is 11.0. The number of allylic oxidation sites excluding steroid dienone is 3. The Hall–Kier alpha value is -3.97. The third kappa shape index (κ3) is 8.76.